The second-order valence-electron chi connectivity index (χ2n) is 6.63. The van der Waals surface area contributed by atoms with Crippen molar-refractivity contribution in [2.45, 2.75) is 51.4 Å². The molecule has 5 nitrogen and oxygen atoms in total. The molecule has 0 saturated carbocycles. The van der Waals surface area contributed by atoms with Crippen molar-refractivity contribution in [2.24, 2.45) is 0 Å². The zero-order valence-corrected chi connectivity index (χ0v) is 13.9. The van der Waals surface area contributed by atoms with E-state index in [4.69, 9.17) is 9.47 Å². The molecule has 1 saturated heterocycles. The van der Waals surface area contributed by atoms with Gasteiger partial charge in [-0.1, -0.05) is 0 Å². The highest BCUT2D eigenvalue weighted by Gasteiger charge is 2.37. The minimum absolute atomic E-state index is 0.0337. The maximum Gasteiger partial charge on any atom is 0.437 e. The minimum atomic E-state index is -4.59. The van der Waals surface area contributed by atoms with Crippen LogP contribution in [0.4, 0.5) is 18.0 Å². The molecule has 0 aromatic carbocycles. The van der Waals surface area contributed by atoms with E-state index in [1.165, 1.54) is 17.0 Å². The molecular weight excluding hydrogens is 325 g/mol. The van der Waals surface area contributed by atoms with E-state index in [-0.39, 0.29) is 18.4 Å². The summed E-state index contributed by atoms with van der Waals surface area (Å²) in [5.74, 6) is -0.332. The molecule has 1 aromatic heterocycles. The Morgan fingerprint density at radius 2 is 2.08 bits per heavy atom. The lowest BCUT2D eigenvalue weighted by Gasteiger charge is -2.28. The molecule has 1 aliphatic heterocycles. The number of likely N-dealkylation sites (tertiary alicyclic amines) is 1. The SMILES string of the molecule is CC(C)(C)OC(=O)N1CCC[C@H]1COc1cccnc1C(F)(F)F. The van der Waals surface area contributed by atoms with Crippen LogP contribution in [0.3, 0.4) is 0 Å². The van der Waals surface area contributed by atoms with E-state index in [9.17, 15) is 18.0 Å². The summed E-state index contributed by atoms with van der Waals surface area (Å²) in [6, 6.07) is 2.29. The van der Waals surface area contributed by atoms with Gasteiger partial charge in [0.2, 0.25) is 0 Å². The highest BCUT2D eigenvalue weighted by molar-refractivity contribution is 5.69. The lowest BCUT2D eigenvalue weighted by Crippen LogP contribution is -2.42. The number of hydrogen-bond acceptors (Lipinski definition) is 4. The van der Waals surface area contributed by atoms with Crippen LogP contribution in [0.1, 0.15) is 39.3 Å². The average Bonchev–Trinajstić information content (AvgIpc) is 2.91. The lowest BCUT2D eigenvalue weighted by molar-refractivity contribution is -0.142. The maximum absolute atomic E-state index is 12.9. The van der Waals surface area contributed by atoms with Crippen molar-refractivity contribution < 1.29 is 27.4 Å². The molecule has 0 radical (unpaired) electrons. The van der Waals surface area contributed by atoms with Gasteiger partial charge in [0.05, 0.1) is 6.04 Å². The maximum atomic E-state index is 12.9. The van der Waals surface area contributed by atoms with Gasteiger partial charge in [0.1, 0.15) is 18.0 Å². The Balaban J connectivity index is 2.03. The fraction of sp³-hybridized carbons (Fsp3) is 0.625. The number of carbonyl (C=O) groups excluding carboxylic acids is 1. The van der Waals surface area contributed by atoms with Gasteiger partial charge < -0.3 is 14.4 Å². The summed E-state index contributed by atoms with van der Waals surface area (Å²) in [7, 11) is 0. The summed E-state index contributed by atoms with van der Waals surface area (Å²) >= 11 is 0. The molecule has 1 aromatic rings. The topological polar surface area (TPSA) is 51.7 Å². The van der Waals surface area contributed by atoms with E-state index in [0.29, 0.717) is 13.0 Å². The van der Waals surface area contributed by atoms with E-state index in [2.05, 4.69) is 4.98 Å². The Morgan fingerprint density at radius 3 is 2.71 bits per heavy atom. The van der Waals surface area contributed by atoms with Gasteiger partial charge in [-0.3, -0.25) is 0 Å². The molecule has 8 heteroatoms. The number of aromatic nitrogens is 1. The first-order valence-electron chi connectivity index (χ1n) is 7.72. The molecule has 134 valence electrons. The molecule has 0 aliphatic carbocycles. The summed E-state index contributed by atoms with van der Waals surface area (Å²) in [6.07, 6.45) is -2.58. The number of ether oxygens (including phenoxy) is 2. The van der Waals surface area contributed by atoms with Gasteiger partial charge in [-0.25, -0.2) is 9.78 Å². The third-order valence-corrected chi connectivity index (χ3v) is 3.48. The van der Waals surface area contributed by atoms with Crippen LogP contribution in [0, 0.1) is 0 Å². The number of hydrogen-bond donors (Lipinski definition) is 0. The second-order valence-corrected chi connectivity index (χ2v) is 6.63. The molecule has 0 bridgehead atoms. The number of nitrogens with zero attached hydrogens (tertiary/aromatic N) is 2. The average molecular weight is 346 g/mol. The van der Waals surface area contributed by atoms with Crippen molar-refractivity contribution in [3.63, 3.8) is 0 Å². The van der Waals surface area contributed by atoms with Gasteiger partial charge in [-0.2, -0.15) is 13.2 Å². The molecule has 1 atom stereocenters. The predicted octanol–water partition coefficient (Wildman–Crippen LogP) is 3.88. The van der Waals surface area contributed by atoms with Crippen LogP contribution in [-0.4, -0.2) is 40.8 Å². The molecule has 24 heavy (non-hydrogen) atoms. The smallest absolute Gasteiger partial charge is 0.437 e. The second kappa shape index (κ2) is 6.86. The molecule has 0 N–H and O–H groups in total. The van der Waals surface area contributed by atoms with Crippen molar-refractivity contribution in [3.05, 3.63) is 24.0 Å². The molecule has 2 rings (SSSR count). The fourth-order valence-electron chi connectivity index (χ4n) is 2.48. The van der Waals surface area contributed by atoms with Crippen molar-refractivity contribution >= 4 is 6.09 Å². The molecule has 1 aliphatic rings. The van der Waals surface area contributed by atoms with Crippen LogP contribution in [0.5, 0.6) is 5.75 Å². The number of pyridine rings is 1. The minimum Gasteiger partial charge on any atom is -0.489 e. The monoisotopic (exact) mass is 346 g/mol. The predicted molar refractivity (Wildman–Crippen MR) is 80.7 cm³/mol. The van der Waals surface area contributed by atoms with Gasteiger partial charge in [-0.05, 0) is 45.7 Å². The summed E-state index contributed by atoms with van der Waals surface area (Å²) < 4.78 is 49.4. The van der Waals surface area contributed by atoms with Crippen molar-refractivity contribution in [1.82, 2.24) is 9.88 Å². The van der Waals surface area contributed by atoms with Crippen LogP contribution < -0.4 is 4.74 Å². The highest BCUT2D eigenvalue weighted by Crippen LogP contribution is 2.34. The number of rotatable bonds is 3. The van der Waals surface area contributed by atoms with Crippen LogP contribution >= 0.6 is 0 Å². The van der Waals surface area contributed by atoms with E-state index in [1.54, 1.807) is 20.8 Å². The number of carbonyl (C=O) groups is 1. The van der Waals surface area contributed by atoms with Gasteiger partial charge in [0.25, 0.3) is 0 Å². The molecule has 1 fully saturated rings. The van der Waals surface area contributed by atoms with Crippen molar-refractivity contribution in [1.29, 1.82) is 0 Å². The van der Waals surface area contributed by atoms with E-state index in [1.807, 2.05) is 0 Å². The molecule has 2 heterocycles. The van der Waals surface area contributed by atoms with Crippen LogP contribution in [0.25, 0.3) is 0 Å². The Kier molecular flexibility index (Phi) is 5.25. The van der Waals surface area contributed by atoms with Gasteiger partial charge in [0, 0.05) is 12.7 Å². The Labute approximate surface area is 138 Å². The first-order chi connectivity index (χ1) is 11.1. The largest absolute Gasteiger partial charge is 0.489 e. The summed E-state index contributed by atoms with van der Waals surface area (Å²) in [5.41, 5.74) is -1.69. The first-order valence-corrected chi connectivity index (χ1v) is 7.72. The quantitative estimate of drug-likeness (QED) is 0.833. The normalized spacial score (nSPS) is 18.6. The fourth-order valence-corrected chi connectivity index (χ4v) is 2.48. The number of halogens is 3. The molecule has 0 spiro atoms. The lowest BCUT2D eigenvalue weighted by atomic mass is 10.2. The first kappa shape index (κ1) is 18.4. The van der Waals surface area contributed by atoms with Gasteiger partial charge in [-0.15, -0.1) is 0 Å². The summed E-state index contributed by atoms with van der Waals surface area (Å²) in [4.78, 5) is 17.0. The summed E-state index contributed by atoms with van der Waals surface area (Å²) in [5, 5.41) is 0. The zero-order chi connectivity index (χ0) is 18.0. The Bertz CT molecular complexity index is 585. The van der Waals surface area contributed by atoms with Crippen LogP contribution in [-0.2, 0) is 10.9 Å². The zero-order valence-electron chi connectivity index (χ0n) is 13.9. The van der Waals surface area contributed by atoms with E-state index >= 15 is 0 Å². The molecule has 1 amide bonds. The molecular formula is C16H21F3N2O3. The van der Waals surface area contributed by atoms with Crippen molar-refractivity contribution in [2.75, 3.05) is 13.2 Å². The van der Waals surface area contributed by atoms with E-state index in [0.717, 1.165) is 12.6 Å². The van der Waals surface area contributed by atoms with Crippen LogP contribution in [0.15, 0.2) is 18.3 Å². The number of alkyl halides is 3. The highest BCUT2D eigenvalue weighted by atomic mass is 19.4. The third kappa shape index (κ3) is 4.75. The van der Waals surface area contributed by atoms with Gasteiger partial charge in [0.15, 0.2) is 5.69 Å². The number of amides is 1. The van der Waals surface area contributed by atoms with Crippen molar-refractivity contribution in [3.8, 4) is 5.75 Å². The third-order valence-electron chi connectivity index (χ3n) is 3.48. The standard InChI is InChI=1S/C16H21F3N2O3/c1-15(2,3)24-14(22)21-9-5-6-11(21)10-23-12-7-4-8-20-13(12)16(17,18)19/h4,7-8,11H,5-6,9-10H2,1-3H3/t11-/m0/s1. The Morgan fingerprint density at radius 1 is 1.38 bits per heavy atom. The van der Waals surface area contributed by atoms with E-state index < -0.39 is 23.6 Å². The Hall–Kier alpha value is -1.99. The summed E-state index contributed by atoms with van der Waals surface area (Å²) in [6.45, 7) is 5.75. The van der Waals surface area contributed by atoms with Crippen LogP contribution in [0.2, 0.25) is 0 Å². The van der Waals surface area contributed by atoms with Gasteiger partial charge >= 0.3 is 12.3 Å². The molecule has 0 unspecified atom stereocenters.